The molecule has 152 valence electrons. The molecule has 0 spiro atoms. The van der Waals surface area contributed by atoms with Crippen molar-refractivity contribution in [2.45, 2.75) is 18.9 Å². The summed E-state index contributed by atoms with van der Waals surface area (Å²) in [6, 6.07) is 14.7. The summed E-state index contributed by atoms with van der Waals surface area (Å²) in [6.07, 6.45) is 9.67. The van der Waals surface area contributed by atoms with Crippen LogP contribution in [0.25, 0.3) is 22.3 Å². The van der Waals surface area contributed by atoms with Crippen LogP contribution in [0.3, 0.4) is 0 Å². The summed E-state index contributed by atoms with van der Waals surface area (Å²) in [4.78, 5) is 19.8. The number of carboxylic acid groups (broad SMARTS) is 1. The Morgan fingerprint density at radius 1 is 0.967 bits per heavy atom. The first-order valence-electron chi connectivity index (χ1n) is 9.79. The summed E-state index contributed by atoms with van der Waals surface area (Å²) in [6.45, 7) is 1.69. The first-order valence-corrected chi connectivity index (χ1v) is 9.79. The van der Waals surface area contributed by atoms with E-state index in [1.54, 1.807) is 6.20 Å². The number of nitrogens with zero attached hydrogens (tertiary/aromatic N) is 6. The maximum Gasteiger partial charge on any atom is 0.290 e. The van der Waals surface area contributed by atoms with Crippen molar-refractivity contribution >= 4 is 23.2 Å². The maximum absolute atomic E-state index is 8.36. The number of rotatable bonds is 3. The highest BCUT2D eigenvalue weighted by atomic mass is 16.3. The molecule has 8 nitrogen and oxygen atoms in total. The van der Waals surface area contributed by atoms with Crippen molar-refractivity contribution in [2.24, 2.45) is 0 Å². The Hall–Kier alpha value is -3.81. The fourth-order valence-corrected chi connectivity index (χ4v) is 3.95. The predicted octanol–water partition coefficient (Wildman–Crippen LogP) is 3.43. The van der Waals surface area contributed by atoms with Gasteiger partial charge in [-0.15, -0.1) is 5.10 Å². The van der Waals surface area contributed by atoms with E-state index in [-0.39, 0.29) is 6.47 Å². The third kappa shape index (κ3) is 3.98. The Labute approximate surface area is 173 Å². The van der Waals surface area contributed by atoms with Gasteiger partial charge in [-0.1, -0.05) is 18.2 Å². The van der Waals surface area contributed by atoms with Gasteiger partial charge in [0, 0.05) is 54.9 Å². The van der Waals surface area contributed by atoms with Crippen LogP contribution >= 0.6 is 0 Å². The van der Waals surface area contributed by atoms with Gasteiger partial charge in [-0.05, 0) is 37.1 Å². The Morgan fingerprint density at radius 3 is 2.53 bits per heavy atom. The molecule has 1 saturated heterocycles. The van der Waals surface area contributed by atoms with Gasteiger partial charge in [0.05, 0.1) is 5.52 Å². The van der Waals surface area contributed by atoms with Crippen LogP contribution < -0.4 is 4.90 Å². The van der Waals surface area contributed by atoms with Crippen molar-refractivity contribution in [3.63, 3.8) is 0 Å². The lowest BCUT2D eigenvalue weighted by Gasteiger charge is -2.33. The zero-order valence-corrected chi connectivity index (χ0v) is 16.4. The molecular formula is C22H22N6O2. The van der Waals surface area contributed by atoms with Crippen LogP contribution in [0.15, 0.2) is 67.3 Å². The molecule has 0 amide bonds. The number of benzene rings is 1. The Balaban J connectivity index is 0.000000687. The molecule has 0 aliphatic carbocycles. The van der Waals surface area contributed by atoms with E-state index in [1.807, 2.05) is 36.7 Å². The fraction of sp³-hybridized carbons (Fsp3) is 0.227. The molecule has 0 bridgehead atoms. The van der Waals surface area contributed by atoms with Crippen molar-refractivity contribution in [3.05, 3.63) is 67.3 Å². The van der Waals surface area contributed by atoms with Crippen LogP contribution in [0.2, 0.25) is 0 Å². The van der Waals surface area contributed by atoms with E-state index in [0.29, 0.717) is 6.04 Å². The molecule has 30 heavy (non-hydrogen) atoms. The zero-order valence-electron chi connectivity index (χ0n) is 16.4. The second-order valence-corrected chi connectivity index (χ2v) is 6.94. The number of piperidine rings is 1. The largest absolute Gasteiger partial charge is 0.483 e. The summed E-state index contributed by atoms with van der Waals surface area (Å²) < 4.78 is 2.33. The average Bonchev–Trinajstić information content (AvgIpc) is 3.30. The second kappa shape index (κ2) is 9.13. The summed E-state index contributed by atoms with van der Waals surface area (Å²) in [5.74, 6) is 1.98. The van der Waals surface area contributed by atoms with Crippen LogP contribution in [0.1, 0.15) is 18.9 Å². The summed E-state index contributed by atoms with van der Waals surface area (Å²) in [5, 5.41) is 16.3. The minimum atomic E-state index is -0.250. The molecule has 1 fully saturated rings. The third-order valence-electron chi connectivity index (χ3n) is 5.30. The van der Waals surface area contributed by atoms with Crippen molar-refractivity contribution in [1.29, 1.82) is 0 Å². The molecule has 0 unspecified atom stereocenters. The zero-order chi connectivity index (χ0) is 20.8. The van der Waals surface area contributed by atoms with Gasteiger partial charge in [-0.25, -0.2) is 4.98 Å². The minimum absolute atomic E-state index is 0.250. The van der Waals surface area contributed by atoms with E-state index < -0.39 is 0 Å². The first kappa shape index (κ1) is 19.5. The standard InChI is InChI=1S/C21H20N6.CH2O2/c1-4-18(17-5-2-10-22-19(17)6-1)21-23-12-15-27(21)16-8-13-26(14-9-16)20-7-3-11-24-25-20;2-1-3/h1-7,10-12,15-16H,8-9,13-14H2;1H,(H,2,3). The lowest BCUT2D eigenvalue weighted by Crippen LogP contribution is -2.35. The molecular weight excluding hydrogens is 380 g/mol. The Kier molecular flexibility index (Phi) is 5.93. The van der Waals surface area contributed by atoms with Crippen LogP contribution in [0.4, 0.5) is 5.82 Å². The van der Waals surface area contributed by atoms with E-state index in [2.05, 4.69) is 54.0 Å². The SMILES string of the molecule is O=CO.c1cnnc(N2CCC(n3ccnc3-c3cccc4ncccc34)CC2)c1. The molecule has 1 aliphatic heterocycles. The minimum Gasteiger partial charge on any atom is -0.483 e. The molecule has 0 atom stereocenters. The lowest BCUT2D eigenvalue weighted by atomic mass is 10.0. The molecule has 0 saturated carbocycles. The van der Waals surface area contributed by atoms with Crippen molar-refractivity contribution in [1.82, 2.24) is 24.7 Å². The van der Waals surface area contributed by atoms with Crippen LogP contribution in [-0.2, 0) is 4.79 Å². The maximum atomic E-state index is 8.36. The lowest BCUT2D eigenvalue weighted by molar-refractivity contribution is -0.122. The second-order valence-electron chi connectivity index (χ2n) is 6.94. The van der Waals surface area contributed by atoms with Gasteiger partial charge in [0.2, 0.25) is 0 Å². The summed E-state index contributed by atoms with van der Waals surface area (Å²) >= 11 is 0. The number of aromatic nitrogens is 5. The molecule has 5 rings (SSSR count). The molecule has 4 aromatic rings. The number of hydrogen-bond acceptors (Lipinski definition) is 6. The first-order chi connectivity index (χ1) is 14.8. The van der Waals surface area contributed by atoms with E-state index in [9.17, 15) is 0 Å². The van der Waals surface area contributed by atoms with Gasteiger partial charge < -0.3 is 14.6 Å². The predicted molar refractivity (Wildman–Crippen MR) is 114 cm³/mol. The number of imidazole rings is 1. The topological polar surface area (TPSA) is 97.0 Å². The summed E-state index contributed by atoms with van der Waals surface area (Å²) in [5.41, 5.74) is 2.14. The number of pyridine rings is 1. The number of fused-ring (bicyclic) bond motifs is 1. The quantitative estimate of drug-likeness (QED) is 0.524. The van der Waals surface area contributed by atoms with Gasteiger partial charge in [0.25, 0.3) is 6.47 Å². The fourth-order valence-electron chi connectivity index (χ4n) is 3.95. The highest BCUT2D eigenvalue weighted by molar-refractivity contribution is 5.92. The third-order valence-corrected chi connectivity index (χ3v) is 5.30. The van der Waals surface area contributed by atoms with Crippen molar-refractivity contribution in [2.75, 3.05) is 18.0 Å². The Bertz CT molecular complexity index is 1100. The highest BCUT2D eigenvalue weighted by Crippen LogP contribution is 2.32. The van der Waals surface area contributed by atoms with E-state index in [1.165, 1.54) is 0 Å². The molecule has 8 heteroatoms. The van der Waals surface area contributed by atoms with E-state index in [4.69, 9.17) is 9.90 Å². The number of anilines is 1. The smallest absolute Gasteiger partial charge is 0.290 e. The van der Waals surface area contributed by atoms with E-state index >= 15 is 0 Å². The number of hydrogen-bond donors (Lipinski definition) is 1. The van der Waals surface area contributed by atoms with Crippen LogP contribution in [0.5, 0.6) is 0 Å². The van der Waals surface area contributed by atoms with Gasteiger partial charge in [-0.2, -0.15) is 5.10 Å². The van der Waals surface area contributed by atoms with Crippen LogP contribution in [0, 0.1) is 0 Å². The molecule has 1 aliphatic rings. The molecule has 3 aromatic heterocycles. The van der Waals surface area contributed by atoms with Crippen molar-refractivity contribution in [3.8, 4) is 11.4 Å². The molecule has 1 aromatic carbocycles. The summed E-state index contributed by atoms with van der Waals surface area (Å²) in [7, 11) is 0. The monoisotopic (exact) mass is 402 g/mol. The van der Waals surface area contributed by atoms with Crippen molar-refractivity contribution < 1.29 is 9.90 Å². The highest BCUT2D eigenvalue weighted by Gasteiger charge is 2.24. The van der Waals surface area contributed by atoms with Gasteiger partial charge in [0.15, 0.2) is 5.82 Å². The Morgan fingerprint density at radius 2 is 1.77 bits per heavy atom. The van der Waals surface area contributed by atoms with Gasteiger partial charge >= 0.3 is 0 Å². The van der Waals surface area contributed by atoms with Crippen LogP contribution in [-0.4, -0.2) is 49.4 Å². The van der Waals surface area contributed by atoms with E-state index in [0.717, 1.165) is 54.0 Å². The molecule has 1 N–H and O–H groups in total. The molecule has 4 heterocycles. The average molecular weight is 402 g/mol. The normalized spacial score (nSPS) is 14.2. The van der Waals surface area contributed by atoms with Gasteiger partial charge in [0.1, 0.15) is 5.82 Å². The van der Waals surface area contributed by atoms with Gasteiger partial charge in [-0.3, -0.25) is 9.78 Å². The molecule has 0 radical (unpaired) electrons. The number of carbonyl (C=O) groups is 1.